The van der Waals surface area contributed by atoms with E-state index < -0.39 is 17.8 Å². The van der Waals surface area contributed by atoms with Gasteiger partial charge in [0, 0.05) is 16.8 Å². The molecule has 2 heterocycles. The number of thiophene rings is 1. The number of nitrogens with one attached hydrogen (secondary N) is 1. The Balaban J connectivity index is 0.000000164. The lowest BCUT2D eigenvalue weighted by molar-refractivity contribution is -0.137. The van der Waals surface area contributed by atoms with Crippen molar-refractivity contribution in [2.45, 2.75) is 19.1 Å². The van der Waals surface area contributed by atoms with E-state index in [4.69, 9.17) is 0 Å². The van der Waals surface area contributed by atoms with Crippen LogP contribution in [0.25, 0.3) is 0 Å². The van der Waals surface area contributed by atoms with Gasteiger partial charge in [-0.05, 0) is 18.5 Å². The third-order valence-corrected chi connectivity index (χ3v) is 4.16. The van der Waals surface area contributed by atoms with Crippen molar-refractivity contribution in [3.05, 3.63) is 57.3 Å². The fourth-order valence-electron chi connectivity index (χ4n) is 2.05. The van der Waals surface area contributed by atoms with Crippen LogP contribution in [0.3, 0.4) is 0 Å². The molecule has 2 aromatic rings. The van der Waals surface area contributed by atoms with Crippen LogP contribution in [0, 0.1) is 0 Å². The maximum absolute atomic E-state index is 12.4. The Hall–Kier alpha value is -1.73. The van der Waals surface area contributed by atoms with Crippen LogP contribution in [0.4, 0.5) is 17.6 Å². The van der Waals surface area contributed by atoms with Crippen molar-refractivity contribution in [3.63, 3.8) is 0 Å². The molecule has 118 valence electrons. The number of carbonyl (C=O) groups is 1. The van der Waals surface area contributed by atoms with E-state index in [2.05, 4.69) is 5.32 Å². The summed E-state index contributed by atoms with van der Waals surface area (Å²) in [6.45, 7) is 1.61. The molecule has 3 rings (SSSR count). The summed E-state index contributed by atoms with van der Waals surface area (Å²) in [6.07, 6.45) is -3.44. The first-order valence-electron chi connectivity index (χ1n) is 6.51. The lowest BCUT2D eigenvalue weighted by Crippen LogP contribution is -2.22. The molecule has 2 nitrogen and oxygen atoms in total. The summed E-state index contributed by atoms with van der Waals surface area (Å²) in [4.78, 5) is 11.6. The number of hydrogen-bond donors (Lipinski definition) is 1. The lowest BCUT2D eigenvalue weighted by atomic mass is 10.1. The van der Waals surface area contributed by atoms with Crippen LogP contribution in [-0.4, -0.2) is 12.6 Å². The van der Waals surface area contributed by atoms with Gasteiger partial charge in [0.1, 0.15) is 0 Å². The molecular weight excluding hydrogens is 318 g/mol. The zero-order valence-corrected chi connectivity index (χ0v) is 12.2. The van der Waals surface area contributed by atoms with Gasteiger partial charge in [-0.2, -0.15) is 17.6 Å². The van der Waals surface area contributed by atoms with Crippen LogP contribution in [0.5, 0.6) is 0 Å². The molecule has 0 amide bonds. The molecule has 1 N–H and O–H groups in total. The van der Waals surface area contributed by atoms with Gasteiger partial charge in [-0.3, -0.25) is 4.79 Å². The summed E-state index contributed by atoms with van der Waals surface area (Å²) in [5, 5.41) is 4.78. The van der Waals surface area contributed by atoms with E-state index >= 15 is 0 Å². The summed E-state index contributed by atoms with van der Waals surface area (Å²) in [5.41, 5.74) is 0.581. The van der Waals surface area contributed by atoms with Gasteiger partial charge >= 0.3 is 12.2 Å². The first-order valence-corrected chi connectivity index (χ1v) is 7.39. The highest BCUT2D eigenvalue weighted by molar-refractivity contribution is 7.10. The summed E-state index contributed by atoms with van der Waals surface area (Å²) >= 11 is 1.46. The Labute approximate surface area is 128 Å². The number of fused-ring (bicyclic) bond motifs is 1. The third-order valence-electron chi connectivity index (χ3n) is 3.13. The van der Waals surface area contributed by atoms with Gasteiger partial charge in [0.2, 0.25) is 0 Å². The molecule has 0 saturated carbocycles. The molecule has 0 spiro atoms. The fourth-order valence-corrected chi connectivity index (χ4v) is 3.09. The normalized spacial score (nSPS) is 13.8. The molecule has 1 aromatic heterocycles. The van der Waals surface area contributed by atoms with Crippen LogP contribution in [0.2, 0.25) is 0 Å². The highest BCUT2D eigenvalue weighted by Gasteiger charge is 2.29. The van der Waals surface area contributed by atoms with Crippen molar-refractivity contribution >= 4 is 17.4 Å². The Kier molecular flexibility index (Phi) is 5.31. The topological polar surface area (TPSA) is 29.1 Å². The van der Waals surface area contributed by atoms with E-state index in [1.165, 1.54) is 23.5 Å². The zero-order valence-electron chi connectivity index (χ0n) is 11.4. The van der Waals surface area contributed by atoms with Gasteiger partial charge < -0.3 is 5.32 Å². The lowest BCUT2D eigenvalue weighted by Gasteiger charge is -2.12. The van der Waals surface area contributed by atoms with Gasteiger partial charge in [0.05, 0.1) is 11.1 Å². The molecule has 1 aromatic carbocycles. The van der Waals surface area contributed by atoms with Crippen LogP contribution in [0.1, 0.15) is 26.4 Å². The minimum absolute atomic E-state index is 0.275. The maximum atomic E-state index is 12.4. The van der Waals surface area contributed by atoms with Crippen LogP contribution >= 0.6 is 11.3 Å². The second-order valence-electron chi connectivity index (χ2n) is 4.62. The molecule has 0 unspecified atom stereocenters. The van der Waals surface area contributed by atoms with Crippen molar-refractivity contribution in [1.29, 1.82) is 0 Å². The average molecular weight is 331 g/mol. The molecule has 7 heteroatoms. The first-order chi connectivity index (χ1) is 10.4. The molecular formula is C15H13F4NOS. The SMILES string of the molecule is FC(F)(F)c1ccccc1.O=C(F)c1csc2c1CCNC2. The van der Waals surface area contributed by atoms with Gasteiger partial charge in [-0.1, -0.05) is 30.3 Å². The summed E-state index contributed by atoms with van der Waals surface area (Å²) in [7, 11) is 0. The van der Waals surface area contributed by atoms with Gasteiger partial charge in [-0.15, -0.1) is 11.3 Å². The Morgan fingerprint density at radius 3 is 2.41 bits per heavy atom. The maximum Gasteiger partial charge on any atom is 0.416 e. The second kappa shape index (κ2) is 7.02. The monoisotopic (exact) mass is 331 g/mol. The van der Waals surface area contributed by atoms with Crippen molar-refractivity contribution in [1.82, 2.24) is 5.32 Å². The van der Waals surface area contributed by atoms with Crippen molar-refractivity contribution in [2.75, 3.05) is 6.54 Å². The molecule has 0 aliphatic carbocycles. The van der Waals surface area contributed by atoms with Gasteiger partial charge in [-0.25, -0.2) is 0 Å². The largest absolute Gasteiger partial charge is 0.416 e. The fraction of sp³-hybridized carbons (Fsp3) is 0.267. The Morgan fingerprint density at radius 1 is 1.18 bits per heavy atom. The van der Waals surface area contributed by atoms with E-state index in [-0.39, 0.29) is 5.56 Å². The number of benzene rings is 1. The van der Waals surface area contributed by atoms with Crippen LogP contribution < -0.4 is 5.32 Å². The van der Waals surface area contributed by atoms with E-state index in [1.54, 1.807) is 11.4 Å². The molecule has 1 aliphatic heterocycles. The smallest absolute Gasteiger partial charge is 0.312 e. The van der Waals surface area contributed by atoms with Crippen molar-refractivity contribution in [3.8, 4) is 0 Å². The van der Waals surface area contributed by atoms with Gasteiger partial charge in [0.15, 0.2) is 0 Å². The minimum Gasteiger partial charge on any atom is -0.312 e. The summed E-state index contributed by atoms with van der Waals surface area (Å²) < 4.78 is 47.8. The zero-order chi connectivity index (χ0) is 16.2. The number of alkyl halides is 3. The van der Waals surface area contributed by atoms with E-state index in [0.29, 0.717) is 0 Å². The van der Waals surface area contributed by atoms with Crippen molar-refractivity contribution in [2.24, 2.45) is 0 Å². The predicted octanol–water partition coefficient (Wildman–Crippen LogP) is 4.21. The minimum atomic E-state index is -4.21. The number of halogens is 4. The molecule has 0 bridgehead atoms. The standard InChI is InChI=1S/C8H8FNOS.C7H5F3/c9-8(11)6-4-12-7-3-10-2-1-5(6)7;8-7(9,10)6-4-2-1-3-5-6/h4,10H,1-3H2;1-5H. The number of hydrogen-bond acceptors (Lipinski definition) is 3. The van der Waals surface area contributed by atoms with E-state index in [1.807, 2.05) is 0 Å². The van der Waals surface area contributed by atoms with E-state index in [0.717, 1.165) is 42.1 Å². The quantitative estimate of drug-likeness (QED) is 0.626. The number of carbonyl (C=O) groups excluding carboxylic acids is 1. The third kappa shape index (κ3) is 4.14. The Morgan fingerprint density at radius 2 is 1.86 bits per heavy atom. The average Bonchev–Trinajstić information content (AvgIpc) is 2.92. The van der Waals surface area contributed by atoms with Crippen LogP contribution in [-0.2, 0) is 19.1 Å². The highest BCUT2D eigenvalue weighted by Crippen LogP contribution is 2.28. The molecule has 1 aliphatic rings. The highest BCUT2D eigenvalue weighted by atomic mass is 32.1. The molecule has 0 radical (unpaired) electrons. The van der Waals surface area contributed by atoms with Gasteiger partial charge in [0.25, 0.3) is 0 Å². The number of rotatable bonds is 1. The molecule has 0 saturated heterocycles. The Bertz CT molecular complexity index is 637. The molecule has 0 fully saturated rings. The summed E-state index contributed by atoms with van der Waals surface area (Å²) in [6, 6.07) is 5.07. The van der Waals surface area contributed by atoms with Crippen LogP contribution in [0.15, 0.2) is 35.7 Å². The molecule has 22 heavy (non-hydrogen) atoms. The van der Waals surface area contributed by atoms with E-state index in [9.17, 15) is 22.4 Å². The van der Waals surface area contributed by atoms with Crippen molar-refractivity contribution < 1.29 is 22.4 Å². The molecule has 0 atom stereocenters. The predicted molar refractivity (Wildman–Crippen MR) is 76.6 cm³/mol. The second-order valence-corrected chi connectivity index (χ2v) is 5.58. The first kappa shape index (κ1) is 16.6. The summed E-state index contributed by atoms with van der Waals surface area (Å²) in [5.74, 6) is 0.